The maximum absolute atomic E-state index is 9.10. The number of rotatable bonds is 1. The maximum atomic E-state index is 9.10. The molecule has 7 heteroatoms. The van der Waals surface area contributed by atoms with Gasteiger partial charge in [-0.05, 0) is 0 Å². The van der Waals surface area contributed by atoms with Crippen LogP contribution < -0.4 is 5.50 Å². The van der Waals surface area contributed by atoms with Crippen LogP contribution in [0.25, 0.3) is 0 Å². The summed E-state index contributed by atoms with van der Waals surface area (Å²) >= 11 is 0. The van der Waals surface area contributed by atoms with E-state index in [0.29, 0.717) is 0 Å². The molecule has 0 spiro atoms. The molecule has 0 amide bonds. The lowest BCUT2D eigenvalue weighted by atomic mass is 10.8. The summed E-state index contributed by atoms with van der Waals surface area (Å²) in [5.74, 6) is 0. The molecule has 0 saturated heterocycles. The van der Waals surface area contributed by atoms with Crippen LogP contribution in [0.15, 0.2) is 0 Å². The molecule has 6 N–H and O–H groups in total. The molecule has 0 aliphatic rings. The average molecular weight is 159 g/mol. The number of aliphatic hydroxyl groups is 2. The molecule has 0 heterocycles. The number of nitrogens with two attached hydrogens (primary N) is 1. The average Bonchev–Trinajstić information content (AvgIpc) is 1.61. The third-order valence-corrected chi connectivity index (χ3v) is 0.1000. The topological polar surface area (TPSA) is 124 Å². The van der Waals surface area contributed by atoms with Gasteiger partial charge in [0.05, 0.1) is 13.2 Å². The van der Waals surface area contributed by atoms with Crippen molar-refractivity contribution < 1.29 is 24.6 Å². The lowest BCUT2D eigenvalue weighted by molar-refractivity contribution is 0.186. The molecule has 0 aliphatic heterocycles. The van der Waals surface area contributed by atoms with Crippen LogP contribution in [0.1, 0.15) is 0 Å². The van der Waals surface area contributed by atoms with Crippen molar-refractivity contribution in [3.05, 3.63) is 0 Å². The van der Waals surface area contributed by atoms with E-state index in [1.807, 2.05) is 0 Å². The molecule has 9 heavy (non-hydrogen) atoms. The predicted molar refractivity (Wildman–Crippen MR) is 30.4 cm³/mol. The highest BCUT2D eigenvalue weighted by atomic mass is 31.2. The molecule has 0 unspecified atom stereocenters. The van der Waals surface area contributed by atoms with Crippen molar-refractivity contribution in [3.8, 4) is 0 Å². The fraction of sp³-hybridized carbons (Fsp3) is 1.00. The molecule has 0 rings (SSSR count). The summed E-state index contributed by atoms with van der Waals surface area (Å²) in [5, 5.41) is 15.2. The Bertz CT molecular complexity index is 78.7. The quantitative estimate of drug-likeness (QED) is 0.282. The summed E-state index contributed by atoms with van der Waals surface area (Å²) in [4.78, 5) is 14.8. The fourth-order valence-corrected chi connectivity index (χ4v) is 0. The Morgan fingerprint density at radius 2 is 1.33 bits per heavy atom. The van der Waals surface area contributed by atoms with Crippen LogP contribution in [0, 0.1) is 0 Å². The third-order valence-electron chi connectivity index (χ3n) is 0.1000. The Labute approximate surface area is 52.1 Å². The van der Waals surface area contributed by atoms with Crippen molar-refractivity contribution in [2.45, 2.75) is 0 Å². The van der Waals surface area contributed by atoms with Gasteiger partial charge >= 0.3 is 7.75 Å². The highest BCUT2D eigenvalue weighted by molar-refractivity contribution is 7.49. The summed E-state index contributed by atoms with van der Waals surface area (Å²) in [6.45, 7) is -0.250. The Balaban J connectivity index is 0. The van der Waals surface area contributed by atoms with E-state index in [1.165, 1.54) is 0 Å². The second-order valence-corrected chi connectivity index (χ2v) is 2.21. The van der Waals surface area contributed by atoms with E-state index in [-0.39, 0.29) is 13.2 Å². The van der Waals surface area contributed by atoms with Crippen molar-refractivity contribution in [2.24, 2.45) is 5.50 Å². The first kappa shape index (κ1) is 11.8. The van der Waals surface area contributed by atoms with Crippen LogP contribution in [0.3, 0.4) is 0 Å². The van der Waals surface area contributed by atoms with Crippen molar-refractivity contribution in [1.82, 2.24) is 0 Å². The third kappa shape index (κ3) is 275. The summed E-state index contributed by atoms with van der Waals surface area (Å²) < 4.78 is 9.10. The summed E-state index contributed by atoms with van der Waals surface area (Å²) in [6.07, 6.45) is 0. The van der Waals surface area contributed by atoms with Crippen LogP contribution in [0.2, 0.25) is 0 Å². The molecule has 0 fully saturated rings. The first-order chi connectivity index (χ1) is 3.91. The summed E-state index contributed by atoms with van der Waals surface area (Å²) in [6, 6.07) is 0. The number of hydrogen-bond donors (Lipinski definition) is 5. The van der Waals surface area contributed by atoms with Crippen LogP contribution >= 0.6 is 7.75 Å². The van der Waals surface area contributed by atoms with Crippen LogP contribution in [-0.4, -0.2) is 33.2 Å². The van der Waals surface area contributed by atoms with Crippen molar-refractivity contribution >= 4 is 7.75 Å². The molecule has 58 valence electrons. The van der Waals surface area contributed by atoms with Crippen LogP contribution in [0.4, 0.5) is 0 Å². The smallest absolute Gasteiger partial charge is 0.394 e. The lowest BCUT2D eigenvalue weighted by Crippen LogP contribution is -1.87. The second-order valence-electron chi connectivity index (χ2n) is 1.04. The SMILES string of the molecule is NP(=O)(O)O.OCCO. The van der Waals surface area contributed by atoms with Gasteiger partial charge in [0, 0.05) is 0 Å². The van der Waals surface area contributed by atoms with E-state index in [2.05, 4.69) is 5.50 Å². The Kier molecular flexibility index (Phi) is 8.06. The summed E-state index contributed by atoms with van der Waals surface area (Å²) in [7, 11) is -4.14. The van der Waals surface area contributed by atoms with Crippen molar-refractivity contribution in [1.29, 1.82) is 0 Å². The zero-order chi connectivity index (χ0) is 7.91. The number of hydrogen-bond acceptors (Lipinski definition) is 3. The molecule has 6 nitrogen and oxygen atoms in total. The second kappa shape index (κ2) is 6.15. The van der Waals surface area contributed by atoms with Crippen LogP contribution in [0.5, 0.6) is 0 Å². The molecule has 0 aromatic rings. The standard InChI is InChI=1S/C2H6O2.H4NO3P/c3-1-2-4;1-5(2,3)4/h3-4H,1-2H2;(H4,1,2,3,4). The first-order valence-corrected chi connectivity index (χ1v) is 3.65. The molecule has 0 atom stereocenters. The van der Waals surface area contributed by atoms with E-state index in [0.717, 1.165) is 0 Å². The molecular formula is C2H10NO5P. The normalized spacial score (nSPS) is 9.89. The van der Waals surface area contributed by atoms with Gasteiger partial charge in [0.25, 0.3) is 0 Å². The van der Waals surface area contributed by atoms with E-state index in [9.17, 15) is 0 Å². The highest BCUT2D eigenvalue weighted by Crippen LogP contribution is 2.20. The molecule has 0 radical (unpaired) electrons. The molecular weight excluding hydrogens is 149 g/mol. The molecule has 0 aromatic carbocycles. The number of aliphatic hydroxyl groups excluding tert-OH is 2. The largest absolute Gasteiger partial charge is 0.397 e. The van der Waals surface area contributed by atoms with E-state index in [1.54, 1.807) is 0 Å². The maximum Gasteiger partial charge on any atom is 0.397 e. The van der Waals surface area contributed by atoms with Gasteiger partial charge in [0.15, 0.2) is 0 Å². The van der Waals surface area contributed by atoms with Gasteiger partial charge in [-0.3, -0.25) is 0 Å². The zero-order valence-electron chi connectivity index (χ0n) is 4.64. The predicted octanol–water partition coefficient (Wildman–Crippen LogP) is -1.99. The van der Waals surface area contributed by atoms with Gasteiger partial charge in [-0.15, -0.1) is 0 Å². The molecule has 0 bridgehead atoms. The van der Waals surface area contributed by atoms with Gasteiger partial charge in [0.1, 0.15) is 0 Å². The van der Waals surface area contributed by atoms with Gasteiger partial charge in [-0.1, -0.05) is 0 Å². The molecule has 0 aliphatic carbocycles. The van der Waals surface area contributed by atoms with Gasteiger partial charge in [-0.2, -0.15) is 0 Å². The minimum atomic E-state index is -4.14. The van der Waals surface area contributed by atoms with E-state index >= 15 is 0 Å². The monoisotopic (exact) mass is 159 g/mol. The first-order valence-electron chi connectivity index (χ1n) is 1.97. The van der Waals surface area contributed by atoms with Gasteiger partial charge in [-0.25, -0.2) is 10.1 Å². The Morgan fingerprint density at radius 1 is 1.22 bits per heavy atom. The van der Waals surface area contributed by atoms with Crippen molar-refractivity contribution in [3.63, 3.8) is 0 Å². The minimum Gasteiger partial charge on any atom is -0.394 e. The Hall–Kier alpha value is 0.0300. The van der Waals surface area contributed by atoms with Gasteiger partial charge in [0.2, 0.25) is 0 Å². The molecule has 0 aromatic heterocycles. The fourth-order valence-electron chi connectivity index (χ4n) is 0. The highest BCUT2D eigenvalue weighted by Gasteiger charge is 1.96. The lowest BCUT2D eigenvalue weighted by Gasteiger charge is -1.84. The Morgan fingerprint density at radius 3 is 1.33 bits per heavy atom. The van der Waals surface area contributed by atoms with E-state index < -0.39 is 7.75 Å². The van der Waals surface area contributed by atoms with Crippen molar-refractivity contribution in [2.75, 3.05) is 13.2 Å². The zero-order valence-corrected chi connectivity index (χ0v) is 5.53. The minimum absolute atomic E-state index is 0.125. The van der Waals surface area contributed by atoms with Gasteiger partial charge < -0.3 is 20.0 Å². The van der Waals surface area contributed by atoms with E-state index in [4.69, 9.17) is 24.6 Å². The van der Waals surface area contributed by atoms with Crippen LogP contribution in [-0.2, 0) is 4.57 Å². The summed E-state index contributed by atoms with van der Waals surface area (Å²) in [5.41, 5.74) is 4.02. The molecule has 0 saturated carbocycles.